The lowest BCUT2D eigenvalue weighted by molar-refractivity contribution is 0.679. The number of benzene rings is 1. The van der Waals surface area contributed by atoms with Crippen LogP contribution in [0.4, 0.5) is 0 Å². The lowest BCUT2D eigenvalue weighted by Crippen LogP contribution is -2.05. The number of halogens is 2. The molecule has 1 heterocycles. The smallest absolute Gasteiger partial charge is 0.144 e. The van der Waals surface area contributed by atoms with Gasteiger partial charge in [0.05, 0.1) is 4.47 Å². The van der Waals surface area contributed by atoms with Gasteiger partial charge in [-0.2, -0.15) is 0 Å². The largest absolute Gasteiger partial charge is 0.346 e. The molecular formula is C16H16BrClN2S. The van der Waals surface area contributed by atoms with Crippen LogP contribution in [0.2, 0.25) is 5.02 Å². The fraction of sp³-hybridized carbons (Fsp3) is 0.375. The number of aromatic nitrogens is 2. The number of rotatable bonds is 3. The first-order valence-corrected chi connectivity index (χ1v) is 8.74. The summed E-state index contributed by atoms with van der Waals surface area (Å²) in [5, 5.41) is 0.749. The first kappa shape index (κ1) is 15.2. The van der Waals surface area contributed by atoms with E-state index in [1.807, 2.05) is 18.2 Å². The van der Waals surface area contributed by atoms with E-state index in [9.17, 15) is 0 Å². The molecule has 2 nitrogen and oxygen atoms in total. The van der Waals surface area contributed by atoms with Crippen LogP contribution in [0.3, 0.4) is 0 Å². The van der Waals surface area contributed by atoms with Crippen LogP contribution in [0.1, 0.15) is 48.7 Å². The Morgan fingerprint density at radius 1 is 1.33 bits per heavy atom. The maximum absolute atomic E-state index is 6.04. The Kier molecular flexibility index (Phi) is 4.77. The monoisotopic (exact) mass is 382 g/mol. The number of hydrogen-bond acceptors (Lipinski definition) is 2. The number of nitrogens with zero attached hydrogens (tertiary/aromatic N) is 1. The summed E-state index contributed by atoms with van der Waals surface area (Å²) in [5.41, 5.74) is 2.35. The van der Waals surface area contributed by atoms with Gasteiger partial charge in [0.2, 0.25) is 0 Å². The van der Waals surface area contributed by atoms with Crippen molar-refractivity contribution in [2.45, 2.75) is 38.0 Å². The molecule has 5 heteroatoms. The van der Waals surface area contributed by atoms with Gasteiger partial charge >= 0.3 is 0 Å². The van der Waals surface area contributed by atoms with Crippen molar-refractivity contribution in [2.75, 3.05) is 0 Å². The molecule has 1 aliphatic carbocycles. The molecule has 1 fully saturated rings. The van der Waals surface area contributed by atoms with Crippen molar-refractivity contribution >= 4 is 39.7 Å². The summed E-state index contributed by atoms with van der Waals surface area (Å²) in [6, 6.07) is 7.87. The second kappa shape index (κ2) is 6.59. The Labute approximate surface area is 143 Å². The van der Waals surface area contributed by atoms with Gasteiger partial charge in [-0.1, -0.05) is 48.8 Å². The Morgan fingerprint density at radius 3 is 2.81 bits per heavy atom. The second-order valence-corrected chi connectivity index (χ2v) is 7.12. The average Bonchev–Trinajstić information content (AvgIpc) is 2.96. The Balaban J connectivity index is 1.94. The van der Waals surface area contributed by atoms with Crippen molar-refractivity contribution in [3.8, 4) is 0 Å². The molecule has 0 saturated heterocycles. The number of H-pyrrole nitrogens is 1. The van der Waals surface area contributed by atoms with Gasteiger partial charge in [-0.3, -0.25) is 0 Å². The van der Waals surface area contributed by atoms with Crippen molar-refractivity contribution in [1.82, 2.24) is 9.97 Å². The van der Waals surface area contributed by atoms with E-state index < -0.39 is 0 Å². The molecule has 1 aromatic carbocycles. The molecule has 110 valence electrons. The second-order valence-electron chi connectivity index (χ2n) is 5.50. The zero-order valence-electron chi connectivity index (χ0n) is 11.5. The predicted octanol–water partition coefficient (Wildman–Crippen LogP) is 5.80. The number of nitrogens with one attached hydrogen (secondary N) is 1. The molecule has 0 unspecified atom stereocenters. The first-order valence-electron chi connectivity index (χ1n) is 7.16. The Bertz CT molecular complexity index is 708. The highest BCUT2D eigenvalue weighted by molar-refractivity contribution is 9.10. The molecule has 1 saturated carbocycles. The minimum Gasteiger partial charge on any atom is -0.346 e. The summed E-state index contributed by atoms with van der Waals surface area (Å²) in [5.74, 6) is 1.48. The van der Waals surface area contributed by atoms with E-state index in [1.54, 1.807) is 0 Å². The summed E-state index contributed by atoms with van der Waals surface area (Å²) in [6.07, 6.45) is 5.76. The Hall–Kier alpha value is -0.710. The molecule has 1 aliphatic rings. The highest BCUT2D eigenvalue weighted by Gasteiger charge is 2.21. The van der Waals surface area contributed by atoms with Crippen LogP contribution in [0.5, 0.6) is 0 Å². The van der Waals surface area contributed by atoms with E-state index in [2.05, 4.69) is 32.0 Å². The van der Waals surface area contributed by atoms with Crippen molar-refractivity contribution in [3.63, 3.8) is 0 Å². The van der Waals surface area contributed by atoms with Gasteiger partial charge in [0.15, 0.2) is 0 Å². The normalized spacial score (nSPS) is 15.5. The summed E-state index contributed by atoms with van der Waals surface area (Å²) < 4.78 is 1.60. The molecule has 2 aromatic rings. The van der Waals surface area contributed by atoms with Crippen LogP contribution >= 0.6 is 39.7 Å². The van der Waals surface area contributed by atoms with E-state index in [1.165, 1.54) is 31.4 Å². The molecule has 0 aliphatic heterocycles. The van der Waals surface area contributed by atoms with Crippen LogP contribution in [-0.4, -0.2) is 9.97 Å². The summed E-state index contributed by atoms with van der Waals surface area (Å²) in [4.78, 5) is 7.99. The molecule has 0 spiro atoms. The lowest BCUT2D eigenvalue weighted by Gasteiger charge is -2.14. The van der Waals surface area contributed by atoms with Gasteiger partial charge in [-0.05, 0) is 46.5 Å². The highest BCUT2D eigenvalue weighted by atomic mass is 79.9. The topological polar surface area (TPSA) is 28.7 Å². The van der Waals surface area contributed by atoms with Gasteiger partial charge in [0.25, 0.3) is 0 Å². The molecule has 1 N–H and O–H groups in total. The van der Waals surface area contributed by atoms with E-state index in [0.29, 0.717) is 10.6 Å². The third-order valence-electron chi connectivity index (χ3n) is 3.96. The van der Waals surface area contributed by atoms with Crippen LogP contribution in [0.15, 0.2) is 28.7 Å². The fourth-order valence-electron chi connectivity index (χ4n) is 2.94. The van der Waals surface area contributed by atoms with Crippen LogP contribution in [0.25, 0.3) is 0 Å². The minimum absolute atomic E-state index is 0.571. The van der Waals surface area contributed by atoms with Gasteiger partial charge in [-0.15, -0.1) is 0 Å². The zero-order valence-corrected chi connectivity index (χ0v) is 14.7. The van der Waals surface area contributed by atoms with Crippen molar-refractivity contribution < 1.29 is 0 Å². The number of aromatic amines is 1. The lowest BCUT2D eigenvalue weighted by atomic mass is 10.0. The zero-order chi connectivity index (χ0) is 14.8. The summed E-state index contributed by atoms with van der Waals surface area (Å²) in [6.45, 7) is 0. The molecular weight excluding hydrogens is 368 g/mol. The van der Waals surface area contributed by atoms with E-state index in [4.69, 9.17) is 23.8 Å². The van der Waals surface area contributed by atoms with Crippen LogP contribution in [0, 0.1) is 4.64 Å². The average molecular weight is 384 g/mol. The SMILES string of the molecule is S=c1nc(Cc2cccc(Cl)c2)[nH]c(C2CCCC2)c1Br. The maximum Gasteiger partial charge on any atom is 0.144 e. The maximum atomic E-state index is 6.04. The van der Waals surface area contributed by atoms with Gasteiger partial charge in [0.1, 0.15) is 10.5 Å². The molecule has 0 bridgehead atoms. The standard InChI is InChI=1S/C16H16BrClN2S/c17-14-15(11-5-1-2-6-11)19-13(20-16(14)21)9-10-4-3-7-12(18)8-10/h3-4,7-8,11H,1-2,5-6,9H2,(H,19,20,21). The van der Waals surface area contributed by atoms with Crippen molar-refractivity contribution in [1.29, 1.82) is 0 Å². The summed E-state index contributed by atoms with van der Waals surface area (Å²) >= 11 is 15.0. The fourth-order valence-corrected chi connectivity index (χ4v) is 3.89. The van der Waals surface area contributed by atoms with E-state index in [-0.39, 0.29) is 0 Å². The third-order valence-corrected chi connectivity index (χ3v) is 5.56. The van der Waals surface area contributed by atoms with Crippen molar-refractivity contribution in [3.05, 3.63) is 55.5 Å². The Morgan fingerprint density at radius 2 is 2.10 bits per heavy atom. The van der Waals surface area contributed by atoms with Gasteiger partial charge < -0.3 is 4.98 Å². The minimum atomic E-state index is 0.571. The predicted molar refractivity (Wildman–Crippen MR) is 92.6 cm³/mol. The van der Waals surface area contributed by atoms with Gasteiger partial charge in [-0.25, -0.2) is 4.98 Å². The first-order chi connectivity index (χ1) is 10.1. The highest BCUT2D eigenvalue weighted by Crippen LogP contribution is 2.36. The summed E-state index contributed by atoms with van der Waals surface area (Å²) in [7, 11) is 0. The van der Waals surface area contributed by atoms with Crippen molar-refractivity contribution in [2.24, 2.45) is 0 Å². The molecule has 1 aromatic heterocycles. The van der Waals surface area contributed by atoms with Crippen LogP contribution < -0.4 is 0 Å². The molecule has 3 rings (SSSR count). The third kappa shape index (κ3) is 3.55. The van der Waals surface area contributed by atoms with E-state index >= 15 is 0 Å². The van der Waals surface area contributed by atoms with Gasteiger partial charge in [0, 0.05) is 23.1 Å². The van der Waals surface area contributed by atoms with E-state index in [0.717, 1.165) is 27.3 Å². The van der Waals surface area contributed by atoms with Crippen LogP contribution in [-0.2, 0) is 6.42 Å². The number of hydrogen-bond donors (Lipinski definition) is 1. The molecule has 0 amide bonds. The molecule has 0 atom stereocenters. The quantitative estimate of drug-likeness (QED) is 0.678. The molecule has 0 radical (unpaired) electrons. The molecule has 21 heavy (non-hydrogen) atoms.